The van der Waals surface area contributed by atoms with Gasteiger partial charge in [-0.25, -0.2) is 0 Å². The minimum Gasteiger partial charge on any atom is -0.479 e. The molecule has 1 saturated heterocycles. The highest BCUT2D eigenvalue weighted by Gasteiger charge is 2.24. The summed E-state index contributed by atoms with van der Waals surface area (Å²) >= 11 is 3.39. The molecule has 4 nitrogen and oxygen atoms in total. The number of rotatable bonds is 3. The van der Waals surface area contributed by atoms with Crippen molar-refractivity contribution in [3.05, 3.63) is 28.2 Å². The van der Waals surface area contributed by atoms with Crippen molar-refractivity contribution in [1.29, 1.82) is 0 Å². The van der Waals surface area contributed by atoms with E-state index in [2.05, 4.69) is 21.2 Å². The van der Waals surface area contributed by atoms with E-state index in [0.29, 0.717) is 24.3 Å². The Bertz CT molecular complexity index is 436. The van der Waals surface area contributed by atoms with E-state index in [0.717, 1.165) is 17.3 Å². The van der Waals surface area contributed by atoms with Crippen LogP contribution in [-0.4, -0.2) is 23.7 Å². The Morgan fingerprint density at radius 3 is 3.06 bits per heavy atom. The third kappa shape index (κ3) is 3.03. The maximum atomic E-state index is 11.8. The van der Waals surface area contributed by atoms with Crippen LogP contribution in [0.5, 0.6) is 5.75 Å². The van der Waals surface area contributed by atoms with Gasteiger partial charge in [0.25, 0.3) is 5.91 Å². The maximum absolute atomic E-state index is 11.8. The molecule has 0 saturated carbocycles. The van der Waals surface area contributed by atoms with Gasteiger partial charge in [0.15, 0.2) is 6.10 Å². The predicted molar refractivity (Wildman–Crippen MR) is 71.3 cm³/mol. The first-order chi connectivity index (χ1) is 8.72. The van der Waals surface area contributed by atoms with Crippen molar-refractivity contribution < 1.29 is 14.6 Å². The molecule has 1 unspecified atom stereocenters. The first-order valence-corrected chi connectivity index (χ1v) is 6.84. The van der Waals surface area contributed by atoms with Crippen molar-refractivity contribution in [2.45, 2.75) is 32.0 Å². The second-order valence-electron chi connectivity index (χ2n) is 4.28. The van der Waals surface area contributed by atoms with Gasteiger partial charge in [-0.15, -0.1) is 0 Å². The maximum Gasteiger partial charge on any atom is 0.261 e. The summed E-state index contributed by atoms with van der Waals surface area (Å²) < 4.78 is 6.54. The lowest BCUT2D eigenvalue weighted by Crippen LogP contribution is -2.36. The van der Waals surface area contributed by atoms with Crippen molar-refractivity contribution in [3.8, 4) is 5.75 Å². The SMILES string of the molecule is O=C1NCCCCC1Oc1c(Br)cccc1CO. The van der Waals surface area contributed by atoms with Gasteiger partial charge in [-0.3, -0.25) is 4.79 Å². The zero-order valence-corrected chi connectivity index (χ0v) is 11.6. The number of benzene rings is 1. The van der Waals surface area contributed by atoms with E-state index in [1.54, 1.807) is 6.07 Å². The van der Waals surface area contributed by atoms with Gasteiger partial charge in [0.1, 0.15) is 5.75 Å². The molecular formula is C13H16BrNO3. The Labute approximate surface area is 114 Å². The molecule has 18 heavy (non-hydrogen) atoms. The lowest BCUT2D eigenvalue weighted by atomic mass is 10.1. The molecular weight excluding hydrogens is 298 g/mol. The zero-order chi connectivity index (χ0) is 13.0. The standard InChI is InChI=1S/C13H16BrNO3/c14-10-5-3-4-9(8-16)12(10)18-11-6-1-2-7-15-13(11)17/h3-5,11,16H,1-2,6-8H2,(H,15,17). The molecule has 1 aromatic carbocycles. The van der Waals surface area contributed by atoms with E-state index in [9.17, 15) is 9.90 Å². The molecule has 1 aliphatic rings. The third-order valence-corrected chi connectivity index (χ3v) is 3.59. The molecule has 2 N–H and O–H groups in total. The van der Waals surface area contributed by atoms with Crippen LogP contribution in [0.25, 0.3) is 0 Å². The number of para-hydroxylation sites is 1. The Hall–Kier alpha value is -1.07. The van der Waals surface area contributed by atoms with E-state index in [-0.39, 0.29) is 12.5 Å². The Morgan fingerprint density at radius 1 is 1.44 bits per heavy atom. The summed E-state index contributed by atoms with van der Waals surface area (Å²) in [6.07, 6.45) is 2.17. The van der Waals surface area contributed by atoms with E-state index >= 15 is 0 Å². The molecule has 5 heteroatoms. The van der Waals surface area contributed by atoms with Gasteiger partial charge in [0.05, 0.1) is 11.1 Å². The fourth-order valence-corrected chi connectivity index (χ4v) is 2.48. The molecule has 0 radical (unpaired) electrons. The highest BCUT2D eigenvalue weighted by molar-refractivity contribution is 9.10. The Kier molecular flexibility index (Phi) is 4.60. The summed E-state index contributed by atoms with van der Waals surface area (Å²) in [7, 11) is 0. The van der Waals surface area contributed by atoms with Crippen molar-refractivity contribution in [3.63, 3.8) is 0 Å². The Morgan fingerprint density at radius 2 is 2.28 bits per heavy atom. The molecule has 0 bridgehead atoms. The van der Waals surface area contributed by atoms with E-state index in [4.69, 9.17) is 4.74 Å². The number of hydrogen-bond acceptors (Lipinski definition) is 3. The van der Waals surface area contributed by atoms with Gasteiger partial charge >= 0.3 is 0 Å². The number of ether oxygens (including phenoxy) is 1. The van der Waals surface area contributed by atoms with Crippen molar-refractivity contribution in [2.75, 3.05) is 6.54 Å². The molecule has 0 aromatic heterocycles. The number of hydrogen-bond donors (Lipinski definition) is 2. The van der Waals surface area contributed by atoms with E-state index < -0.39 is 6.10 Å². The molecule has 1 heterocycles. The zero-order valence-electron chi connectivity index (χ0n) is 9.99. The molecule has 1 amide bonds. The van der Waals surface area contributed by atoms with Gasteiger partial charge < -0.3 is 15.2 Å². The van der Waals surface area contributed by atoms with Crippen LogP contribution in [0.4, 0.5) is 0 Å². The predicted octanol–water partition coefficient (Wildman–Crippen LogP) is 1.99. The topological polar surface area (TPSA) is 58.6 Å². The molecule has 1 atom stereocenters. The number of halogens is 1. The van der Waals surface area contributed by atoms with Crippen molar-refractivity contribution >= 4 is 21.8 Å². The number of aliphatic hydroxyl groups is 1. The molecule has 1 fully saturated rings. The van der Waals surface area contributed by atoms with Gasteiger partial charge in [0, 0.05) is 12.1 Å². The normalized spacial score (nSPS) is 20.1. The van der Waals surface area contributed by atoms with E-state index in [1.807, 2.05) is 12.1 Å². The summed E-state index contributed by atoms with van der Waals surface area (Å²) in [5, 5.41) is 12.1. The number of carbonyl (C=O) groups excluding carboxylic acids is 1. The molecule has 98 valence electrons. The van der Waals surface area contributed by atoms with Crippen LogP contribution in [0.1, 0.15) is 24.8 Å². The number of carbonyl (C=O) groups is 1. The van der Waals surface area contributed by atoms with Crippen LogP contribution in [0, 0.1) is 0 Å². The average Bonchev–Trinajstić information content (AvgIpc) is 2.57. The summed E-state index contributed by atoms with van der Waals surface area (Å²) in [5.41, 5.74) is 0.682. The highest BCUT2D eigenvalue weighted by atomic mass is 79.9. The minimum absolute atomic E-state index is 0.0767. The largest absolute Gasteiger partial charge is 0.479 e. The molecule has 0 aliphatic carbocycles. The molecule has 2 rings (SSSR count). The van der Waals surface area contributed by atoms with Crippen LogP contribution in [0.15, 0.2) is 22.7 Å². The highest BCUT2D eigenvalue weighted by Crippen LogP contribution is 2.31. The molecule has 1 aromatic rings. The summed E-state index contributed by atoms with van der Waals surface area (Å²) in [5.74, 6) is 0.481. The quantitative estimate of drug-likeness (QED) is 0.897. The summed E-state index contributed by atoms with van der Waals surface area (Å²) in [6.45, 7) is 0.602. The van der Waals surface area contributed by atoms with Gasteiger partial charge in [-0.1, -0.05) is 12.1 Å². The molecule has 0 spiro atoms. The lowest BCUT2D eigenvalue weighted by Gasteiger charge is -2.19. The smallest absolute Gasteiger partial charge is 0.261 e. The third-order valence-electron chi connectivity index (χ3n) is 2.96. The van der Waals surface area contributed by atoms with Crippen molar-refractivity contribution in [2.24, 2.45) is 0 Å². The second kappa shape index (κ2) is 6.20. The first kappa shape index (κ1) is 13.4. The summed E-state index contributed by atoms with van der Waals surface area (Å²) in [6, 6.07) is 5.45. The fourth-order valence-electron chi connectivity index (χ4n) is 1.98. The fraction of sp³-hybridized carbons (Fsp3) is 0.462. The van der Waals surface area contributed by atoms with Crippen molar-refractivity contribution in [1.82, 2.24) is 5.32 Å². The van der Waals surface area contributed by atoms with Crippen LogP contribution < -0.4 is 10.1 Å². The van der Waals surface area contributed by atoms with Crippen LogP contribution >= 0.6 is 15.9 Å². The van der Waals surface area contributed by atoms with Crippen LogP contribution in [0.3, 0.4) is 0 Å². The van der Waals surface area contributed by atoms with Gasteiger partial charge in [-0.2, -0.15) is 0 Å². The van der Waals surface area contributed by atoms with Crippen LogP contribution in [0.2, 0.25) is 0 Å². The number of nitrogens with one attached hydrogen (secondary N) is 1. The number of amides is 1. The van der Waals surface area contributed by atoms with Gasteiger partial charge in [0.2, 0.25) is 0 Å². The second-order valence-corrected chi connectivity index (χ2v) is 5.13. The number of aliphatic hydroxyl groups excluding tert-OH is 1. The Balaban J connectivity index is 2.19. The van der Waals surface area contributed by atoms with E-state index in [1.165, 1.54) is 0 Å². The molecule has 1 aliphatic heterocycles. The van der Waals surface area contributed by atoms with Gasteiger partial charge in [-0.05, 0) is 41.3 Å². The van der Waals surface area contributed by atoms with Crippen LogP contribution in [-0.2, 0) is 11.4 Å². The summed E-state index contributed by atoms with van der Waals surface area (Å²) in [4.78, 5) is 11.8. The average molecular weight is 314 g/mol. The lowest BCUT2D eigenvalue weighted by molar-refractivity contribution is -0.127. The first-order valence-electron chi connectivity index (χ1n) is 6.05. The monoisotopic (exact) mass is 313 g/mol. The minimum atomic E-state index is -0.475.